The number of hydrogen-bond acceptors (Lipinski definition) is 5. The zero-order valence-electron chi connectivity index (χ0n) is 14.8. The highest BCUT2D eigenvalue weighted by molar-refractivity contribution is 6.04. The average molecular weight is 366 g/mol. The summed E-state index contributed by atoms with van der Waals surface area (Å²) in [5.74, 6) is 0.479. The molecule has 6 nitrogen and oxygen atoms in total. The highest BCUT2D eigenvalue weighted by Crippen LogP contribution is 2.13. The van der Waals surface area contributed by atoms with Crippen molar-refractivity contribution in [2.75, 3.05) is 17.2 Å². The van der Waals surface area contributed by atoms with Gasteiger partial charge in [-0.25, -0.2) is 4.39 Å². The number of amides is 1. The van der Waals surface area contributed by atoms with Gasteiger partial charge < -0.3 is 15.4 Å². The molecule has 0 aliphatic rings. The molecule has 0 fully saturated rings. The molecule has 0 atom stereocenters. The van der Waals surface area contributed by atoms with Crippen LogP contribution in [0.2, 0.25) is 0 Å². The van der Waals surface area contributed by atoms with E-state index in [0.717, 1.165) is 5.56 Å². The first-order valence-electron chi connectivity index (χ1n) is 8.48. The zero-order chi connectivity index (χ0) is 19.1. The molecule has 138 valence electrons. The van der Waals surface area contributed by atoms with Crippen LogP contribution < -0.4 is 15.4 Å². The van der Waals surface area contributed by atoms with Gasteiger partial charge in [0.1, 0.15) is 11.6 Å². The summed E-state index contributed by atoms with van der Waals surface area (Å²) >= 11 is 0. The summed E-state index contributed by atoms with van der Waals surface area (Å²) in [7, 11) is 0. The lowest BCUT2D eigenvalue weighted by atomic mass is 10.1. The van der Waals surface area contributed by atoms with E-state index >= 15 is 0 Å². The molecule has 0 aliphatic carbocycles. The van der Waals surface area contributed by atoms with Crippen molar-refractivity contribution in [2.45, 2.75) is 13.5 Å². The lowest BCUT2D eigenvalue weighted by Crippen LogP contribution is -2.12. The Labute approximate surface area is 156 Å². The Morgan fingerprint density at radius 2 is 1.81 bits per heavy atom. The van der Waals surface area contributed by atoms with Gasteiger partial charge in [-0.1, -0.05) is 12.1 Å². The number of ether oxygens (including phenoxy) is 1. The quantitative estimate of drug-likeness (QED) is 0.664. The molecule has 0 spiro atoms. The third-order valence-electron chi connectivity index (χ3n) is 3.70. The predicted molar refractivity (Wildman–Crippen MR) is 101 cm³/mol. The van der Waals surface area contributed by atoms with E-state index in [1.165, 1.54) is 24.3 Å². The lowest BCUT2D eigenvalue weighted by molar-refractivity contribution is 0.102. The number of carbonyl (C=O) groups is 1. The number of nitrogens with one attached hydrogen (secondary N) is 2. The van der Waals surface area contributed by atoms with Crippen LogP contribution in [-0.4, -0.2) is 22.5 Å². The number of anilines is 2. The Kier molecular flexibility index (Phi) is 5.94. The van der Waals surface area contributed by atoms with Crippen LogP contribution in [-0.2, 0) is 6.54 Å². The van der Waals surface area contributed by atoms with Crippen LogP contribution in [0.15, 0.2) is 60.9 Å². The van der Waals surface area contributed by atoms with Crippen molar-refractivity contribution in [3.05, 3.63) is 77.9 Å². The molecule has 1 heterocycles. The van der Waals surface area contributed by atoms with E-state index in [1.54, 1.807) is 24.5 Å². The molecule has 2 aromatic carbocycles. The van der Waals surface area contributed by atoms with Gasteiger partial charge in [-0.3, -0.25) is 9.78 Å². The Morgan fingerprint density at radius 3 is 2.52 bits per heavy atom. The molecule has 1 aromatic heterocycles. The minimum atomic E-state index is -0.346. The standard InChI is InChI=1S/C20H19FN4O2/c1-2-27-19-13-22-12-18(25-19)23-11-14-3-5-15(6-4-14)20(26)24-17-9-7-16(21)8-10-17/h3-10,12-13H,2,11H2,1H3,(H,23,25)(H,24,26). The van der Waals surface area contributed by atoms with Crippen molar-refractivity contribution in [3.63, 3.8) is 0 Å². The Hall–Kier alpha value is -3.48. The second-order valence-corrected chi connectivity index (χ2v) is 5.69. The number of aromatic nitrogens is 2. The van der Waals surface area contributed by atoms with Crippen LogP contribution in [0.25, 0.3) is 0 Å². The molecule has 0 bridgehead atoms. The third-order valence-corrected chi connectivity index (χ3v) is 3.70. The Balaban J connectivity index is 1.57. The Bertz CT molecular complexity index is 899. The van der Waals surface area contributed by atoms with E-state index in [9.17, 15) is 9.18 Å². The minimum absolute atomic E-state index is 0.253. The van der Waals surface area contributed by atoms with E-state index < -0.39 is 0 Å². The molecule has 0 aliphatic heterocycles. The summed E-state index contributed by atoms with van der Waals surface area (Å²) in [6.45, 7) is 2.94. The number of carbonyl (C=O) groups excluding carboxylic acids is 1. The molecule has 3 aromatic rings. The van der Waals surface area contributed by atoms with Gasteiger partial charge in [0.15, 0.2) is 0 Å². The van der Waals surface area contributed by atoms with Gasteiger partial charge in [-0.15, -0.1) is 0 Å². The van der Waals surface area contributed by atoms with E-state index in [4.69, 9.17) is 4.74 Å². The number of nitrogens with zero attached hydrogens (tertiary/aromatic N) is 2. The fourth-order valence-electron chi connectivity index (χ4n) is 2.35. The average Bonchev–Trinajstić information content (AvgIpc) is 2.69. The molecule has 27 heavy (non-hydrogen) atoms. The van der Waals surface area contributed by atoms with Crippen LogP contribution in [0.1, 0.15) is 22.8 Å². The largest absolute Gasteiger partial charge is 0.477 e. The molecule has 3 rings (SSSR count). The van der Waals surface area contributed by atoms with Gasteiger partial charge >= 0.3 is 0 Å². The van der Waals surface area contributed by atoms with Gasteiger partial charge in [0, 0.05) is 17.8 Å². The second-order valence-electron chi connectivity index (χ2n) is 5.69. The molecule has 0 saturated carbocycles. The summed E-state index contributed by atoms with van der Waals surface area (Å²) in [5, 5.41) is 5.89. The van der Waals surface area contributed by atoms with Crippen LogP contribution in [0.4, 0.5) is 15.9 Å². The normalized spacial score (nSPS) is 10.3. The smallest absolute Gasteiger partial charge is 0.255 e. The number of halogens is 1. The van der Waals surface area contributed by atoms with Gasteiger partial charge in [-0.05, 0) is 48.9 Å². The topological polar surface area (TPSA) is 76.1 Å². The second kappa shape index (κ2) is 8.75. The van der Waals surface area contributed by atoms with Gasteiger partial charge in [0.2, 0.25) is 5.88 Å². The van der Waals surface area contributed by atoms with Crippen molar-refractivity contribution >= 4 is 17.4 Å². The summed E-state index contributed by atoms with van der Waals surface area (Å²) in [4.78, 5) is 20.6. The fourth-order valence-corrected chi connectivity index (χ4v) is 2.35. The van der Waals surface area contributed by atoms with Crippen molar-refractivity contribution in [3.8, 4) is 5.88 Å². The molecular weight excluding hydrogens is 347 g/mol. The maximum absolute atomic E-state index is 12.9. The first-order chi connectivity index (χ1) is 13.1. The summed E-state index contributed by atoms with van der Waals surface area (Å²) in [6.07, 6.45) is 3.18. The minimum Gasteiger partial charge on any atom is -0.477 e. The first-order valence-corrected chi connectivity index (χ1v) is 8.48. The SMILES string of the molecule is CCOc1cncc(NCc2ccc(C(=O)Nc3ccc(F)cc3)cc2)n1. The number of rotatable bonds is 7. The predicted octanol–water partition coefficient (Wildman–Crippen LogP) is 3.88. The van der Waals surface area contributed by atoms with Crippen molar-refractivity contribution in [1.82, 2.24) is 9.97 Å². The van der Waals surface area contributed by atoms with Crippen LogP contribution in [0.5, 0.6) is 5.88 Å². The van der Waals surface area contributed by atoms with Crippen LogP contribution in [0, 0.1) is 5.82 Å². The molecular formula is C20H19FN4O2. The summed E-state index contributed by atoms with van der Waals surface area (Å²) in [5.41, 5.74) is 2.04. The van der Waals surface area contributed by atoms with Crippen molar-refractivity contribution in [1.29, 1.82) is 0 Å². The van der Waals surface area contributed by atoms with E-state index in [0.29, 0.717) is 36.1 Å². The van der Waals surface area contributed by atoms with E-state index in [1.807, 2.05) is 19.1 Å². The summed E-state index contributed by atoms with van der Waals surface area (Å²) < 4.78 is 18.2. The molecule has 2 N–H and O–H groups in total. The third kappa shape index (κ3) is 5.24. The summed E-state index contributed by atoms with van der Waals surface area (Å²) in [6, 6.07) is 12.8. The van der Waals surface area contributed by atoms with Crippen LogP contribution in [0.3, 0.4) is 0 Å². The number of hydrogen-bond donors (Lipinski definition) is 2. The highest BCUT2D eigenvalue weighted by atomic mass is 19.1. The van der Waals surface area contributed by atoms with Gasteiger partial charge in [-0.2, -0.15) is 4.98 Å². The van der Waals surface area contributed by atoms with E-state index in [-0.39, 0.29) is 11.7 Å². The Morgan fingerprint density at radius 1 is 1.07 bits per heavy atom. The van der Waals surface area contributed by atoms with E-state index in [2.05, 4.69) is 20.6 Å². The fraction of sp³-hybridized carbons (Fsp3) is 0.150. The van der Waals surface area contributed by atoms with Gasteiger partial charge in [0.05, 0.1) is 19.0 Å². The number of benzene rings is 2. The highest BCUT2D eigenvalue weighted by Gasteiger charge is 2.06. The van der Waals surface area contributed by atoms with Gasteiger partial charge in [0.25, 0.3) is 5.91 Å². The van der Waals surface area contributed by atoms with Crippen LogP contribution >= 0.6 is 0 Å². The molecule has 0 radical (unpaired) electrons. The monoisotopic (exact) mass is 366 g/mol. The molecule has 0 saturated heterocycles. The maximum Gasteiger partial charge on any atom is 0.255 e. The molecule has 1 amide bonds. The zero-order valence-corrected chi connectivity index (χ0v) is 14.8. The lowest BCUT2D eigenvalue weighted by Gasteiger charge is -2.08. The van der Waals surface area contributed by atoms with Crippen molar-refractivity contribution in [2.24, 2.45) is 0 Å². The molecule has 0 unspecified atom stereocenters. The molecule has 7 heteroatoms. The van der Waals surface area contributed by atoms with Crippen molar-refractivity contribution < 1.29 is 13.9 Å². The first kappa shape index (κ1) is 18.3. The maximum atomic E-state index is 12.9.